The molecule has 0 unspecified atom stereocenters. The molecule has 0 spiro atoms. The number of rotatable bonds is 5. The Bertz CT molecular complexity index is 709. The zero-order valence-electron chi connectivity index (χ0n) is 13.1. The van der Waals surface area contributed by atoms with Crippen molar-refractivity contribution in [1.29, 1.82) is 0 Å². The molecule has 1 aromatic carbocycles. The van der Waals surface area contributed by atoms with Gasteiger partial charge in [-0.3, -0.25) is 4.79 Å². The zero-order chi connectivity index (χ0) is 17.0. The monoisotopic (exact) mass is 320 g/mol. The van der Waals surface area contributed by atoms with Crippen LogP contribution in [0.2, 0.25) is 0 Å². The van der Waals surface area contributed by atoms with Gasteiger partial charge >= 0.3 is 5.97 Å². The quantitative estimate of drug-likeness (QED) is 0.857. The Balaban J connectivity index is 2.01. The molecule has 0 radical (unpaired) electrons. The van der Waals surface area contributed by atoms with E-state index in [4.69, 9.17) is 9.26 Å². The molecule has 1 N–H and O–H groups in total. The van der Waals surface area contributed by atoms with Gasteiger partial charge in [0, 0.05) is 5.69 Å². The van der Waals surface area contributed by atoms with Crippen LogP contribution in [0.1, 0.15) is 35.7 Å². The Morgan fingerprint density at radius 3 is 2.61 bits per heavy atom. The molecule has 6 nitrogen and oxygen atoms in total. The Labute approximate surface area is 132 Å². The van der Waals surface area contributed by atoms with Gasteiger partial charge in [-0.05, 0) is 44.5 Å². The van der Waals surface area contributed by atoms with Gasteiger partial charge in [0.2, 0.25) is 0 Å². The molecule has 2 rings (SSSR count). The minimum absolute atomic E-state index is 0.244. The highest BCUT2D eigenvalue weighted by atomic mass is 19.1. The van der Waals surface area contributed by atoms with Crippen molar-refractivity contribution in [3.05, 3.63) is 47.1 Å². The highest BCUT2D eigenvalue weighted by molar-refractivity contribution is 5.98. The summed E-state index contributed by atoms with van der Waals surface area (Å²) in [7, 11) is 0. The number of amides is 1. The van der Waals surface area contributed by atoms with Crippen LogP contribution in [-0.4, -0.2) is 23.1 Å². The summed E-state index contributed by atoms with van der Waals surface area (Å²) in [6.07, 6.45) is -0.510. The number of nitrogens with one attached hydrogen (secondary N) is 1. The van der Waals surface area contributed by atoms with Gasteiger partial charge in [0.25, 0.3) is 5.91 Å². The predicted octanol–water partition coefficient (Wildman–Crippen LogP) is 2.87. The standard InChI is InChI=1S/C16H17FN2O4/c1-4-13-14(9(2)23-19-13)16(21)22-10(3)15(20)18-12-7-5-11(17)6-8-12/h5-8,10H,4H2,1-3H3,(H,18,20)/t10-/m1/s1. The fraction of sp³-hybridized carbons (Fsp3) is 0.312. The molecule has 122 valence electrons. The van der Waals surface area contributed by atoms with E-state index < -0.39 is 23.8 Å². The van der Waals surface area contributed by atoms with Crippen molar-refractivity contribution in [2.75, 3.05) is 5.32 Å². The van der Waals surface area contributed by atoms with Crippen LogP contribution in [-0.2, 0) is 16.0 Å². The Hall–Kier alpha value is -2.70. The lowest BCUT2D eigenvalue weighted by Crippen LogP contribution is -2.30. The van der Waals surface area contributed by atoms with Gasteiger partial charge in [0.15, 0.2) is 6.10 Å². The molecule has 0 saturated carbocycles. The summed E-state index contributed by atoms with van der Waals surface area (Å²) in [5.74, 6) is -1.24. The van der Waals surface area contributed by atoms with E-state index in [0.29, 0.717) is 23.6 Å². The van der Waals surface area contributed by atoms with E-state index in [-0.39, 0.29) is 5.56 Å². The number of ether oxygens (including phenoxy) is 1. The van der Waals surface area contributed by atoms with E-state index in [0.717, 1.165) is 0 Å². The maximum Gasteiger partial charge on any atom is 0.344 e. The van der Waals surface area contributed by atoms with Crippen molar-refractivity contribution in [1.82, 2.24) is 5.16 Å². The number of carbonyl (C=O) groups is 2. The highest BCUT2D eigenvalue weighted by Gasteiger charge is 2.25. The molecule has 1 amide bonds. The van der Waals surface area contributed by atoms with E-state index in [1.54, 1.807) is 6.92 Å². The fourth-order valence-corrected chi connectivity index (χ4v) is 1.97. The molecule has 1 heterocycles. The molecular weight excluding hydrogens is 303 g/mol. The fourth-order valence-electron chi connectivity index (χ4n) is 1.97. The van der Waals surface area contributed by atoms with E-state index in [1.807, 2.05) is 6.92 Å². The van der Waals surface area contributed by atoms with Crippen molar-refractivity contribution >= 4 is 17.6 Å². The largest absolute Gasteiger partial charge is 0.449 e. The maximum atomic E-state index is 12.8. The topological polar surface area (TPSA) is 81.4 Å². The zero-order valence-corrected chi connectivity index (χ0v) is 13.1. The van der Waals surface area contributed by atoms with E-state index >= 15 is 0 Å². The summed E-state index contributed by atoms with van der Waals surface area (Å²) < 4.78 is 22.9. The number of hydrogen-bond donors (Lipinski definition) is 1. The van der Waals surface area contributed by atoms with Gasteiger partial charge in [-0.1, -0.05) is 12.1 Å². The molecular formula is C16H17FN2O4. The van der Waals surface area contributed by atoms with Crippen molar-refractivity contribution in [3.63, 3.8) is 0 Å². The molecule has 1 aromatic heterocycles. The minimum Gasteiger partial charge on any atom is -0.449 e. The third-order valence-corrected chi connectivity index (χ3v) is 3.24. The molecule has 0 aliphatic rings. The number of benzene rings is 1. The third-order valence-electron chi connectivity index (χ3n) is 3.24. The Morgan fingerprint density at radius 2 is 2.00 bits per heavy atom. The molecule has 0 bridgehead atoms. The number of aryl methyl sites for hydroxylation is 2. The van der Waals surface area contributed by atoms with Gasteiger partial charge in [-0.15, -0.1) is 0 Å². The first-order chi connectivity index (χ1) is 10.9. The number of halogens is 1. The first-order valence-corrected chi connectivity index (χ1v) is 7.15. The number of hydrogen-bond acceptors (Lipinski definition) is 5. The summed E-state index contributed by atoms with van der Waals surface area (Å²) in [5, 5.41) is 6.31. The average molecular weight is 320 g/mol. The van der Waals surface area contributed by atoms with Crippen LogP contribution in [0.3, 0.4) is 0 Å². The van der Waals surface area contributed by atoms with Crippen molar-refractivity contribution in [2.45, 2.75) is 33.3 Å². The summed E-state index contributed by atoms with van der Waals surface area (Å²) >= 11 is 0. The Morgan fingerprint density at radius 1 is 1.35 bits per heavy atom. The minimum atomic E-state index is -1.02. The second kappa shape index (κ2) is 7.04. The summed E-state index contributed by atoms with van der Waals surface area (Å²) in [5.41, 5.74) is 1.14. The van der Waals surface area contributed by atoms with E-state index in [1.165, 1.54) is 31.2 Å². The van der Waals surface area contributed by atoms with Gasteiger partial charge in [0.1, 0.15) is 17.1 Å². The van der Waals surface area contributed by atoms with Crippen LogP contribution < -0.4 is 5.32 Å². The van der Waals surface area contributed by atoms with E-state index in [2.05, 4.69) is 10.5 Å². The predicted molar refractivity (Wildman–Crippen MR) is 80.5 cm³/mol. The Kier molecular flexibility index (Phi) is 5.10. The molecule has 7 heteroatoms. The molecule has 1 atom stereocenters. The normalized spacial score (nSPS) is 11.8. The summed E-state index contributed by atoms with van der Waals surface area (Å²) in [6.45, 7) is 4.88. The molecule has 23 heavy (non-hydrogen) atoms. The number of carbonyl (C=O) groups excluding carboxylic acids is 2. The van der Waals surface area contributed by atoms with Crippen molar-refractivity contribution < 1.29 is 23.2 Å². The number of nitrogens with zero attached hydrogens (tertiary/aromatic N) is 1. The highest BCUT2D eigenvalue weighted by Crippen LogP contribution is 2.16. The number of aromatic nitrogens is 1. The molecule has 0 aliphatic heterocycles. The first kappa shape index (κ1) is 16.7. The van der Waals surface area contributed by atoms with Crippen LogP contribution in [0.5, 0.6) is 0 Å². The molecule has 2 aromatic rings. The third kappa shape index (κ3) is 3.94. The van der Waals surface area contributed by atoms with Crippen LogP contribution >= 0.6 is 0 Å². The molecule has 0 aliphatic carbocycles. The van der Waals surface area contributed by atoms with Gasteiger partial charge in [0.05, 0.1) is 5.69 Å². The summed E-state index contributed by atoms with van der Waals surface area (Å²) in [4.78, 5) is 24.2. The second-order valence-electron chi connectivity index (χ2n) is 4.96. The van der Waals surface area contributed by atoms with Crippen molar-refractivity contribution in [3.8, 4) is 0 Å². The lowest BCUT2D eigenvalue weighted by Gasteiger charge is -2.13. The average Bonchev–Trinajstić information content (AvgIpc) is 2.90. The van der Waals surface area contributed by atoms with E-state index in [9.17, 15) is 14.0 Å². The van der Waals surface area contributed by atoms with Gasteiger partial charge < -0.3 is 14.6 Å². The summed E-state index contributed by atoms with van der Waals surface area (Å²) in [6, 6.07) is 5.28. The maximum absolute atomic E-state index is 12.8. The lowest BCUT2D eigenvalue weighted by molar-refractivity contribution is -0.123. The first-order valence-electron chi connectivity index (χ1n) is 7.15. The SMILES string of the molecule is CCc1noc(C)c1C(=O)O[C@H](C)C(=O)Nc1ccc(F)cc1. The lowest BCUT2D eigenvalue weighted by atomic mass is 10.1. The van der Waals surface area contributed by atoms with Crippen molar-refractivity contribution in [2.24, 2.45) is 0 Å². The smallest absolute Gasteiger partial charge is 0.344 e. The number of anilines is 1. The van der Waals surface area contributed by atoms with Crippen LogP contribution in [0.25, 0.3) is 0 Å². The van der Waals surface area contributed by atoms with Crippen LogP contribution in [0.15, 0.2) is 28.8 Å². The van der Waals surface area contributed by atoms with Gasteiger partial charge in [-0.2, -0.15) is 0 Å². The second-order valence-corrected chi connectivity index (χ2v) is 4.96. The molecule has 0 fully saturated rings. The van der Waals surface area contributed by atoms with Gasteiger partial charge in [-0.25, -0.2) is 9.18 Å². The number of esters is 1. The molecule has 0 saturated heterocycles. The van der Waals surface area contributed by atoms with Crippen LogP contribution in [0.4, 0.5) is 10.1 Å². The van der Waals surface area contributed by atoms with Crippen LogP contribution in [0, 0.1) is 12.7 Å².